The van der Waals surface area contributed by atoms with Crippen molar-refractivity contribution in [2.24, 2.45) is 5.92 Å². The maximum absolute atomic E-state index is 12.0. The second-order valence-electron chi connectivity index (χ2n) is 8.39. The van der Waals surface area contributed by atoms with E-state index < -0.39 is 0 Å². The smallest absolute Gasteiger partial charge is 0.224 e. The number of nitrogens with one attached hydrogen (secondary N) is 2. The Bertz CT molecular complexity index is 1100. The normalized spacial score (nSPS) is 10.7. The van der Waals surface area contributed by atoms with Gasteiger partial charge in [-0.2, -0.15) is 0 Å². The van der Waals surface area contributed by atoms with Crippen LogP contribution in [0.3, 0.4) is 0 Å². The Hall–Kier alpha value is -3.18. The predicted molar refractivity (Wildman–Crippen MR) is 135 cm³/mol. The number of aryl methyl sites for hydroxylation is 1. The van der Waals surface area contributed by atoms with Crippen molar-refractivity contribution < 1.29 is 14.3 Å². The van der Waals surface area contributed by atoms with Gasteiger partial charge < -0.3 is 20.1 Å². The first kappa shape index (κ1) is 24.5. The molecule has 5 nitrogen and oxygen atoms in total. The summed E-state index contributed by atoms with van der Waals surface area (Å²) in [6.45, 7) is 7.04. The standard InChI is InChI=1S/C27H31ClN2O3/c1-18(2)12-27(31)30-23-11-7-10-22(14-23)29-16-21-13-25(32-4)26(15-24(21)28)33-17-20-9-6-5-8-19(20)3/h5-11,13-15,18,29H,12,16-17H2,1-4H3,(H,30,31). The molecular weight excluding hydrogens is 436 g/mol. The van der Waals surface area contributed by atoms with Crippen molar-refractivity contribution in [1.29, 1.82) is 0 Å². The third-order valence-electron chi connectivity index (χ3n) is 5.20. The number of benzene rings is 3. The number of ether oxygens (including phenoxy) is 2. The van der Waals surface area contributed by atoms with Gasteiger partial charge in [0.2, 0.25) is 5.91 Å². The van der Waals surface area contributed by atoms with Gasteiger partial charge in [0, 0.05) is 35.4 Å². The van der Waals surface area contributed by atoms with E-state index in [4.69, 9.17) is 21.1 Å². The topological polar surface area (TPSA) is 59.6 Å². The highest BCUT2D eigenvalue weighted by molar-refractivity contribution is 6.31. The SMILES string of the molecule is COc1cc(CNc2cccc(NC(=O)CC(C)C)c2)c(Cl)cc1OCc1ccccc1C. The second kappa shape index (κ2) is 11.6. The molecule has 0 spiro atoms. The number of amides is 1. The maximum Gasteiger partial charge on any atom is 0.224 e. The number of rotatable bonds is 10. The summed E-state index contributed by atoms with van der Waals surface area (Å²) in [7, 11) is 1.62. The van der Waals surface area contributed by atoms with Crippen LogP contribution >= 0.6 is 11.6 Å². The first-order chi connectivity index (χ1) is 15.9. The lowest BCUT2D eigenvalue weighted by Crippen LogP contribution is -2.13. The largest absolute Gasteiger partial charge is 0.493 e. The molecule has 3 aromatic carbocycles. The lowest BCUT2D eigenvalue weighted by molar-refractivity contribution is -0.116. The summed E-state index contributed by atoms with van der Waals surface area (Å²) < 4.78 is 11.6. The maximum atomic E-state index is 12.0. The van der Waals surface area contributed by atoms with Gasteiger partial charge in [-0.15, -0.1) is 0 Å². The molecule has 0 bridgehead atoms. The van der Waals surface area contributed by atoms with Gasteiger partial charge in [-0.3, -0.25) is 4.79 Å². The Labute approximate surface area is 201 Å². The molecule has 0 heterocycles. The van der Waals surface area contributed by atoms with Gasteiger partial charge in [0.25, 0.3) is 0 Å². The quantitative estimate of drug-likeness (QED) is 0.343. The first-order valence-electron chi connectivity index (χ1n) is 11.0. The molecule has 2 N–H and O–H groups in total. The van der Waals surface area contributed by atoms with Crippen LogP contribution in [0, 0.1) is 12.8 Å². The molecule has 0 unspecified atom stereocenters. The van der Waals surface area contributed by atoms with E-state index in [1.165, 1.54) is 5.56 Å². The van der Waals surface area contributed by atoms with Crippen LogP contribution in [0.1, 0.15) is 37.0 Å². The van der Waals surface area contributed by atoms with Crippen molar-refractivity contribution in [3.63, 3.8) is 0 Å². The third-order valence-corrected chi connectivity index (χ3v) is 5.55. The molecule has 174 valence electrons. The van der Waals surface area contributed by atoms with Gasteiger partial charge in [-0.1, -0.05) is 55.8 Å². The first-order valence-corrected chi connectivity index (χ1v) is 11.4. The van der Waals surface area contributed by atoms with E-state index in [0.29, 0.717) is 42.0 Å². The van der Waals surface area contributed by atoms with E-state index >= 15 is 0 Å². The number of carbonyl (C=O) groups excluding carboxylic acids is 1. The van der Waals surface area contributed by atoms with Crippen molar-refractivity contribution in [2.45, 2.75) is 40.3 Å². The number of halogens is 1. The molecule has 0 atom stereocenters. The molecule has 0 aromatic heterocycles. The average Bonchev–Trinajstić information content (AvgIpc) is 2.77. The summed E-state index contributed by atoms with van der Waals surface area (Å²) in [5.74, 6) is 1.55. The summed E-state index contributed by atoms with van der Waals surface area (Å²) in [5, 5.41) is 6.89. The zero-order valence-electron chi connectivity index (χ0n) is 19.6. The fourth-order valence-corrected chi connectivity index (χ4v) is 3.62. The fraction of sp³-hybridized carbons (Fsp3) is 0.296. The van der Waals surface area contributed by atoms with Crippen LogP contribution in [0.2, 0.25) is 5.02 Å². The highest BCUT2D eigenvalue weighted by Gasteiger charge is 2.12. The van der Waals surface area contributed by atoms with Gasteiger partial charge >= 0.3 is 0 Å². The van der Waals surface area contributed by atoms with Gasteiger partial charge in [-0.25, -0.2) is 0 Å². The van der Waals surface area contributed by atoms with Crippen LogP contribution in [0.15, 0.2) is 60.7 Å². The number of methoxy groups -OCH3 is 1. The lowest BCUT2D eigenvalue weighted by atomic mass is 10.1. The van der Waals surface area contributed by atoms with Crippen molar-refractivity contribution >= 4 is 28.9 Å². The lowest BCUT2D eigenvalue weighted by Gasteiger charge is -2.16. The van der Waals surface area contributed by atoms with Crippen molar-refractivity contribution in [3.05, 3.63) is 82.4 Å². The van der Waals surface area contributed by atoms with Crippen molar-refractivity contribution in [1.82, 2.24) is 0 Å². The number of hydrogen-bond donors (Lipinski definition) is 2. The zero-order chi connectivity index (χ0) is 23.8. The van der Waals surface area contributed by atoms with Crippen LogP contribution in [0.25, 0.3) is 0 Å². The number of anilines is 2. The zero-order valence-corrected chi connectivity index (χ0v) is 20.3. The molecule has 0 saturated carbocycles. The molecule has 3 aromatic rings. The second-order valence-corrected chi connectivity index (χ2v) is 8.80. The Morgan fingerprint density at radius 3 is 2.45 bits per heavy atom. The molecule has 3 rings (SSSR count). The fourth-order valence-electron chi connectivity index (χ4n) is 3.40. The van der Waals surface area contributed by atoms with Gasteiger partial charge in [0.05, 0.1) is 7.11 Å². The minimum atomic E-state index is 0.0104. The van der Waals surface area contributed by atoms with Gasteiger partial charge in [0.1, 0.15) is 6.61 Å². The Morgan fingerprint density at radius 1 is 0.970 bits per heavy atom. The predicted octanol–water partition coefficient (Wildman–Crippen LogP) is 6.83. The summed E-state index contributed by atoms with van der Waals surface area (Å²) in [6, 6.07) is 19.4. The molecule has 0 saturated heterocycles. The highest BCUT2D eigenvalue weighted by atomic mass is 35.5. The van der Waals surface area contributed by atoms with E-state index in [1.54, 1.807) is 13.2 Å². The molecule has 33 heavy (non-hydrogen) atoms. The minimum absolute atomic E-state index is 0.0104. The average molecular weight is 467 g/mol. The van der Waals surface area contributed by atoms with E-state index in [-0.39, 0.29) is 5.91 Å². The number of hydrogen-bond acceptors (Lipinski definition) is 4. The summed E-state index contributed by atoms with van der Waals surface area (Å²) in [4.78, 5) is 12.0. The minimum Gasteiger partial charge on any atom is -0.493 e. The molecule has 0 aliphatic carbocycles. The molecule has 1 amide bonds. The Balaban J connectivity index is 1.66. The van der Waals surface area contributed by atoms with E-state index in [9.17, 15) is 4.79 Å². The molecule has 0 aliphatic heterocycles. The number of carbonyl (C=O) groups is 1. The summed E-state index contributed by atoms with van der Waals surface area (Å²) in [6.07, 6.45) is 0.491. The van der Waals surface area contributed by atoms with Gasteiger partial charge in [-0.05, 0) is 53.8 Å². The summed E-state index contributed by atoms with van der Waals surface area (Å²) >= 11 is 6.55. The van der Waals surface area contributed by atoms with Crippen molar-refractivity contribution in [2.75, 3.05) is 17.7 Å². The Kier molecular flexibility index (Phi) is 8.61. The van der Waals surface area contributed by atoms with Crippen LogP contribution < -0.4 is 20.1 Å². The monoisotopic (exact) mass is 466 g/mol. The third kappa shape index (κ3) is 7.16. The Morgan fingerprint density at radius 2 is 1.73 bits per heavy atom. The van der Waals surface area contributed by atoms with E-state index in [0.717, 1.165) is 22.5 Å². The van der Waals surface area contributed by atoms with Crippen molar-refractivity contribution in [3.8, 4) is 11.5 Å². The van der Waals surface area contributed by atoms with E-state index in [1.807, 2.05) is 62.4 Å². The van der Waals surface area contributed by atoms with Crippen LogP contribution in [0.4, 0.5) is 11.4 Å². The summed E-state index contributed by atoms with van der Waals surface area (Å²) in [5.41, 5.74) is 4.81. The van der Waals surface area contributed by atoms with Crippen LogP contribution in [-0.2, 0) is 17.9 Å². The molecule has 0 fully saturated rings. The highest BCUT2D eigenvalue weighted by Crippen LogP contribution is 2.34. The molecule has 0 radical (unpaired) electrons. The molecular formula is C27H31ClN2O3. The van der Waals surface area contributed by atoms with Crippen LogP contribution in [0.5, 0.6) is 11.5 Å². The molecule has 0 aliphatic rings. The van der Waals surface area contributed by atoms with E-state index in [2.05, 4.69) is 23.6 Å². The van der Waals surface area contributed by atoms with Gasteiger partial charge in [0.15, 0.2) is 11.5 Å². The molecule has 6 heteroatoms. The van der Waals surface area contributed by atoms with Crippen LogP contribution in [-0.4, -0.2) is 13.0 Å².